The van der Waals surface area contributed by atoms with Gasteiger partial charge in [0.25, 0.3) is 0 Å². The molecule has 0 bridgehead atoms. The minimum absolute atomic E-state index is 0.0529. The SMILES string of the molecule is CC(C)(O)C1Cc2c(cc3oc(COC(=O)CN4CCCCC4)cc(=O)c3c2O)O1. The Balaban J connectivity index is 1.52. The second kappa shape index (κ2) is 7.92. The van der Waals surface area contributed by atoms with Crippen LogP contribution in [0.15, 0.2) is 21.3 Å². The normalized spacial score (nSPS) is 19.5. The van der Waals surface area contributed by atoms with Crippen molar-refractivity contribution in [2.75, 3.05) is 19.6 Å². The number of likely N-dealkylation sites (tertiary alicyclic amines) is 1. The summed E-state index contributed by atoms with van der Waals surface area (Å²) in [5.74, 6) is -0.00478. The van der Waals surface area contributed by atoms with Gasteiger partial charge in [0.1, 0.15) is 40.9 Å². The Kier molecular flexibility index (Phi) is 5.46. The predicted molar refractivity (Wildman–Crippen MR) is 109 cm³/mol. The van der Waals surface area contributed by atoms with Crippen LogP contribution in [0.25, 0.3) is 11.0 Å². The lowest BCUT2D eigenvalue weighted by atomic mass is 9.96. The predicted octanol–water partition coefficient (Wildman–Crippen LogP) is 2.10. The standard InChI is InChI=1S/C22H27NO7/c1-22(2,27)18-9-14-16(30-18)10-17-20(21(14)26)15(24)8-13(29-17)12-28-19(25)11-23-6-4-3-5-7-23/h8,10,18,26-27H,3-7,9,11-12H2,1-2H3. The maximum absolute atomic E-state index is 12.6. The first kappa shape index (κ1) is 20.7. The lowest BCUT2D eigenvalue weighted by Crippen LogP contribution is -2.39. The second-order valence-corrected chi connectivity index (χ2v) is 8.61. The van der Waals surface area contributed by atoms with E-state index in [0.717, 1.165) is 25.9 Å². The zero-order chi connectivity index (χ0) is 21.5. The fourth-order valence-corrected chi connectivity index (χ4v) is 4.02. The van der Waals surface area contributed by atoms with Crippen LogP contribution in [0.3, 0.4) is 0 Å². The van der Waals surface area contributed by atoms with Crippen molar-refractivity contribution in [1.29, 1.82) is 0 Å². The molecule has 1 aromatic heterocycles. The van der Waals surface area contributed by atoms with Crippen molar-refractivity contribution < 1.29 is 28.9 Å². The van der Waals surface area contributed by atoms with E-state index < -0.39 is 17.1 Å². The van der Waals surface area contributed by atoms with Crippen LogP contribution < -0.4 is 10.2 Å². The Hall–Kier alpha value is -2.58. The number of phenolic OH excluding ortho intramolecular Hbond substituents is 1. The van der Waals surface area contributed by atoms with Gasteiger partial charge in [0, 0.05) is 24.1 Å². The number of fused-ring (bicyclic) bond motifs is 2. The molecule has 162 valence electrons. The van der Waals surface area contributed by atoms with E-state index in [2.05, 4.69) is 4.90 Å². The number of rotatable bonds is 5. The maximum Gasteiger partial charge on any atom is 0.320 e. The van der Waals surface area contributed by atoms with Gasteiger partial charge in [-0.3, -0.25) is 14.5 Å². The molecule has 1 saturated heterocycles. The summed E-state index contributed by atoms with van der Waals surface area (Å²) in [5.41, 5.74) is -0.909. The van der Waals surface area contributed by atoms with Gasteiger partial charge in [0.05, 0.1) is 12.1 Å². The molecule has 2 aliphatic rings. The number of carbonyl (C=O) groups is 1. The first-order chi connectivity index (χ1) is 14.2. The topological polar surface area (TPSA) is 109 Å². The molecule has 0 aliphatic carbocycles. The molecule has 0 spiro atoms. The molecule has 0 amide bonds. The van der Waals surface area contributed by atoms with E-state index in [1.807, 2.05) is 0 Å². The molecule has 1 unspecified atom stereocenters. The Morgan fingerprint density at radius 1 is 1.27 bits per heavy atom. The molecular weight excluding hydrogens is 390 g/mol. The Bertz CT molecular complexity index is 1010. The van der Waals surface area contributed by atoms with Crippen LogP contribution in [-0.4, -0.2) is 52.4 Å². The molecule has 2 aliphatic heterocycles. The molecule has 2 N–H and O–H groups in total. The molecular formula is C22H27NO7. The third-order valence-corrected chi connectivity index (χ3v) is 5.73. The number of aromatic hydroxyl groups is 1. The Morgan fingerprint density at radius 2 is 2.00 bits per heavy atom. The molecule has 3 heterocycles. The lowest BCUT2D eigenvalue weighted by molar-refractivity contribution is -0.147. The number of esters is 1. The highest BCUT2D eigenvalue weighted by molar-refractivity contribution is 5.87. The number of nitrogens with zero attached hydrogens (tertiary/aromatic N) is 1. The average Bonchev–Trinajstić information content (AvgIpc) is 3.12. The number of aliphatic hydroxyl groups is 1. The molecule has 0 radical (unpaired) electrons. The number of benzene rings is 1. The minimum atomic E-state index is -1.11. The summed E-state index contributed by atoms with van der Waals surface area (Å²) in [4.78, 5) is 26.8. The summed E-state index contributed by atoms with van der Waals surface area (Å²) in [6, 6.07) is 2.77. The van der Waals surface area contributed by atoms with Crippen molar-refractivity contribution in [1.82, 2.24) is 4.90 Å². The van der Waals surface area contributed by atoms with E-state index in [-0.39, 0.29) is 48.0 Å². The van der Waals surface area contributed by atoms with E-state index in [4.69, 9.17) is 13.9 Å². The zero-order valence-electron chi connectivity index (χ0n) is 17.3. The summed E-state index contributed by atoms with van der Waals surface area (Å²) in [6.07, 6.45) is 3.09. The van der Waals surface area contributed by atoms with Gasteiger partial charge in [-0.05, 0) is 39.8 Å². The lowest BCUT2D eigenvalue weighted by Gasteiger charge is -2.25. The molecule has 8 heteroatoms. The van der Waals surface area contributed by atoms with Crippen LogP contribution in [0, 0.1) is 0 Å². The first-order valence-electron chi connectivity index (χ1n) is 10.3. The van der Waals surface area contributed by atoms with Crippen LogP contribution in [0.4, 0.5) is 0 Å². The number of piperidine rings is 1. The number of phenols is 1. The first-order valence-corrected chi connectivity index (χ1v) is 10.3. The van der Waals surface area contributed by atoms with Gasteiger partial charge in [0.2, 0.25) is 0 Å². The fourth-order valence-electron chi connectivity index (χ4n) is 4.02. The largest absolute Gasteiger partial charge is 0.507 e. The number of ether oxygens (including phenoxy) is 2. The van der Waals surface area contributed by atoms with Gasteiger partial charge in [-0.15, -0.1) is 0 Å². The number of carbonyl (C=O) groups excluding carboxylic acids is 1. The average molecular weight is 417 g/mol. The summed E-state index contributed by atoms with van der Waals surface area (Å²) in [5, 5.41) is 20.9. The molecule has 0 saturated carbocycles. The van der Waals surface area contributed by atoms with Gasteiger partial charge < -0.3 is 24.1 Å². The zero-order valence-corrected chi connectivity index (χ0v) is 17.3. The van der Waals surface area contributed by atoms with Gasteiger partial charge >= 0.3 is 5.97 Å². The third kappa shape index (κ3) is 4.15. The summed E-state index contributed by atoms with van der Waals surface area (Å²) < 4.78 is 16.8. The molecule has 2 aromatic rings. The maximum atomic E-state index is 12.6. The molecule has 1 atom stereocenters. The van der Waals surface area contributed by atoms with E-state index in [0.29, 0.717) is 11.3 Å². The van der Waals surface area contributed by atoms with Crippen LogP contribution in [0.2, 0.25) is 0 Å². The highest BCUT2D eigenvalue weighted by atomic mass is 16.5. The van der Waals surface area contributed by atoms with Crippen molar-refractivity contribution in [3.8, 4) is 11.5 Å². The smallest absolute Gasteiger partial charge is 0.320 e. The summed E-state index contributed by atoms with van der Waals surface area (Å²) in [6.45, 7) is 5.08. The van der Waals surface area contributed by atoms with Crippen molar-refractivity contribution >= 4 is 16.9 Å². The molecule has 30 heavy (non-hydrogen) atoms. The van der Waals surface area contributed by atoms with Crippen LogP contribution in [0.1, 0.15) is 44.4 Å². The highest BCUT2D eigenvalue weighted by Crippen LogP contribution is 2.42. The Morgan fingerprint density at radius 3 is 2.70 bits per heavy atom. The quantitative estimate of drug-likeness (QED) is 0.712. The second-order valence-electron chi connectivity index (χ2n) is 8.61. The van der Waals surface area contributed by atoms with Crippen LogP contribution in [-0.2, 0) is 22.6 Å². The monoisotopic (exact) mass is 417 g/mol. The van der Waals surface area contributed by atoms with Gasteiger partial charge in [-0.1, -0.05) is 6.42 Å². The molecule has 4 rings (SSSR count). The van der Waals surface area contributed by atoms with Crippen molar-refractivity contribution in [2.24, 2.45) is 0 Å². The molecule has 1 aromatic carbocycles. The number of hydrogen-bond donors (Lipinski definition) is 2. The van der Waals surface area contributed by atoms with E-state index in [9.17, 15) is 19.8 Å². The highest BCUT2D eigenvalue weighted by Gasteiger charge is 2.37. The molecule has 1 fully saturated rings. The minimum Gasteiger partial charge on any atom is -0.507 e. The van der Waals surface area contributed by atoms with Gasteiger partial charge in [0.15, 0.2) is 5.43 Å². The van der Waals surface area contributed by atoms with Crippen LogP contribution >= 0.6 is 0 Å². The van der Waals surface area contributed by atoms with Crippen molar-refractivity contribution in [3.63, 3.8) is 0 Å². The van der Waals surface area contributed by atoms with E-state index >= 15 is 0 Å². The van der Waals surface area contributed by atoms with E-state index in [1.54, 1.807) is 13.8 Å². The fraction of sp³-hybridized carbons (Fsp3) is 0.545. The van der Waals surface area contributed by atoms with Crippen molar-refractivity contribution in [2.45, 2.75) is 57.8 Å². The van der Waals surface area contributed by atoms with E-state index in [1.165, 1.54) is 18.6 Å². The van der Waals surface area contributed by atoms with Crippen molar-refractivity contribution in [3.05, 3.63) is 33.7 Å². The van der Waals surface area contributed by atoms with Gasteiger partial charge in [-0.2, -0.15) is 0 Å². The third-order valence-electron chi connectivity index (χ3n) is 5.73. The number of hydrogen-bond acceptors (Lipinski definition) is 8. The Labute approximate surface area is 174 Å². The van der Waals surface area contributed by atoms with Crippen LogP contribution in [0.5, 0.6) is 11.5 Å². The molecule has 8 nitrogen and oxygen atoms in total. The summed E-state index contributed by atoms with van der Waals surface area (Å²) in [7, 11) is 0. The summed E-state index contributed by atoms with van der Waals surface area (Å²) >= 11 is 0. The van der Waals surface area contributed by atoms with Gasteiger partial charge in [-0.25, -0.2) is 0 Å².